The molecule has 0 aliphatic rings. The topological polar surface area (TPSA) is 115 Å². The van der Waals surface area contributed by atoms with Crippen molar-refractivity contribution < 1.29 is 28.7 Å². The van der Waals surface area contributed by atoms with Crippen molar-refractivity contribution in [2.45, 2.75) is 12.8 Å². The monoisotopic (exact) mass is 342 g/mol. The molecule has 8 heteroatoms. The van der Waals surface area contributed by atoms with Crippen LogP contribution in [0.5, 0.6) is 0 Å². The van der Waals surface area contributed by atoms with Gasteiger partial charge in [-0.15, -0.1) is 0 Å². The summed E-state index contributed by atoms with van der Waals surface area (Å²) in [5.74, 6) is 0. The standard InChI is InChI=1S/C14H16O6P2/c15-21(16,17)13-5-1-3-11(9-13)7-8-12-4-2-6-14(10-12)22(18,19)20/h1-6,9-10H,7-8H2,(H2,15,16,17)(H2,18,19,20). The highest BCUT2D eigenvalue weighted by atomic mass is 31.2. The van der Waals surface area contributed by atoms with Gasteiger partial charge in [-0.2, -0.15) is 0 Å². The lowest BCUT2D eigenvalue weighted by atomic mass is 10.0. The maximum atomic E-state index is 11.2. The molecule has 0 unspecified atom stereocenters. The average Bonchev–Trinajstić information content (AvgIpc) is 2.44. The molecule has 118 valence electrons. The predicted octanol–water partition coefficient (Wildman–Crippen LogP) is 1.08. The quantitative estimate of drug-likeness (QED) is 0.605. The average molecular weight is 342 g/mol. The molecule has 0 spiro atoms. The smallest absolute Gasteiger partial charge is 0.321 e. The Balaban J connectivity index is 2.14. The molecule has 0 radical (unpaired) electrons. The van der Waals surface area contributed by atoms with Gasteiger partial charge in [-0.05, 0) is 48.2 Å². The highest BCUT2D eigenvalue weighted by Gasteiger charge is 2.18. The third kappa shape index (κ3) is 4.62. The Morgan fingerprint density at radius 2 is 1.05 bits per heavy atom. The molecule has 0 saturated carbocycles. The Morgan fingerprint density at radius 3 is 1.36 bits per heavy atom. The van der Waals surface area contributed by atoms with Crippen molar-refractivity contribution in [2.75, 3.05) is 0 Å². The van der Waals surface area contributed by atoms with Crippen molar-refractivity contribution in [3.05, 3.63) is 59.7 Å². The summed E-state index contributed by atoms with van der Waals surface area (Å²) in [6.07, 6.45) is 1.02. The lowest BCUT2D eigenvalue weighted by Crippen LogP contribution is -2.07. The van der Waals surface area contributed by atoms with E-state index in [9.17, 15) is 9.13 Å². The fourth-order valence-corrected chi connectivity index (χ4v) is 3.30. The van der Waals surface area contributed by atoms with Crippen molar-refractivity contribution in [1.29, 1.82) is 0 Å². The normalized spacial score (nSPS) is 12.4. The first-order chi connectivity index (χ1) is 10.2. The summed E-state index contributed by atoms with van der Waals surface area (Å²) < 4.78 is 22.4. The summed E-state index contributed by atoms with van der Waals surface area (Å²) >= 11 is 0. The number of aryl methyl sites for hydroxylation is 2. The van der Waals surface area contributed by atoms with E-state index < -0.39 is 15.2 Å². The number of hydrogen-bond donors (Lipinski definition) is 4. The molecule has 0 heterocycles. The molecule has 0 bridgehead atoms. The highest BCUT2D eigenvalue weighted by molar-refractivity contribution is 7.60. The van der Waals surface area contributed by atoms with Gasteiger partial charge in [0.1, 0.15) is 0 Å². The first-order valence-corrected chi connectivity index (χ1v) is 9.69. The van der Waals surface area contributed by atoms with Gasteiger partial charge < -0.3 is 19.6 Å². The van der Waals surface area contributed by atoms with Crippen LogP contribution in [0.3, 0.4) is 0 Å². The Labute approximate surface area is 127 Å². The van der Waals surface area contributed by atoms with Gasteiger partial charge in [0.15, 0.2) is 0 Å². The van der Waals surface area contributed by atoms with E-state index in [0.29, 0.717) is 12.8 Å². The predicted molar refractivity (Wildman–Crippen MR) is 83.6 cm³/mol. The zero-order valence-electron chi connectivity index (χ0n) is 11.5. The zero-order valence-corrected chi connectivity index (χ0v) is 13.3. The van der Waals surface area contributed by atoms with Crippen LogP contribution < -0.4 is 10.6 Å². The minimum atomic E-state index is -4.27. The lowest BCUT2D eigenvalue weighted by molar-refractivity contribution is 0.385. The van der Waals surface area contributed by atoms with E-state index in [0.717, 1.165) is 11.1 Å². The molecule has 2 rings (SSSR count). The first kappa shape index (κ1) is 17.1. The maximum Gasteiger partial charge on any atom is 0.356 e. The summed E-state index contributed by atoms with van der Waals surface area (Å²) in [5.41, 5.74) is 1.50. The second-order valence-corrected chi connectivity index (χ2v) is 8.14. The fourth-order valence-electron chi connectivity index (χ4n) is 2.07. The molecule has 6 nitrogen and oxygen atoms in total. The molecule has 0 aliphatic carbocycles. The van der Waals surface area contributed by atoms with Gasteiger partial charge >= 0.3 is 15.2 Å². The van der Waals surface area contributed by atoms with E-state index in [-0.39, 0.29) is 10.6 Å². The summed E-state index contributed by atoms with van der Waals surface area (Å²) in [6.45, 7) is 0. The van der Waals surface area contributed by atoms with Crippen LogP contribution >= 0.6 is 15.2 Å². The second kappa shape index (κ2) is 6.47. The van der Waals surface area contributed by atoms with Crippen molar-refractivity contribution in [2.24, 2.45) is 0 Å². The lowest BCUT2D eigenvalue weighted by Gasteiger charge is -2.08. The Hall–Kier alpha value is -1.26. The minimum absolute atomic E-state index is 0.0334. The third-order valence-corrected chi connectivity index (χ3v) is 5.10. The van der Waals surface area contributed by atoms with E-state index in [1.165, 1.54) is 24.3 Å². The summed E-state index contributed by atoms with van der Waals surface area (Å²) in [7, 11) is -8.55. The minimum Gasteiger partial charge on any atom is -0.321 e. The highest BCUT2D eigenvalue weighted by Crippen LogP contribution is 2.34. The van der Waals surface area contributed by atoms with Crippen LogP contribution in [0.1, 0.15) is 11.1 Å². The Kier molecular flexibility index (Phi) is 5.03. The summed E-state index contributed by atoms with van der Waals surface area (Å²) in [5, 5.41) is -0.0667. The van der Waals surface area contributed by atoms with Crippen LogP contribution in [0.15, 0.2) is 48.5 Å². The van der Waals surface area contributed by atoms with Gasteiger partial charge in [0, 0.05) is 0 Å². The van der Waals surface area contributed by atoms with Crippen LogP contribution in [0, 0.1) is 0 Å². The molecular formula is C14H16O6P2. The van der Waals surface area contributed by atoms with Crippen molar-refractivity contribution >= 4 is 25.8 Å². The first-order valence-electron chi connectivity index (χ1n) is 6.46. The van der Waals surface area contributed by atoms with Crippen LogP contribution in [0.4, 0.5) is 0 Å². The summed E-state index contributed by atoms with van der Waals surface area (Å²) in [6, 6.07) is 12.3. The number of hydrogen-bond acceptors (Lipinski definition) is 2. The molecule has 4 N–H and O–H groups in total. The van der Waals surface area contributed by atoms with Gasteiger partial charge in [0.2, 0.25) is 0 Å². The van der Waals surface area contributed by atoms with E-state index in [2.05, 4.69) is 0 Å². The van der Waals surface area contributed by atoms with Gasteiger partial charge in [-0.3, -0.25) is 9.13 Å². The molecule has 0 saturated heterocycles. The van der Waals surface area contributed by atoms with E-state index in [4.69, 9.17) is 19.6 Å². The van der Waals surface area contributed by atoms with Crippen LogP contribution in [-0.2, 0) is 22.0 Å². The Bertz CT molecular complexity index is 696. The van der Waals surface area contributed by atoms with Gasteiger partial charge in [0.05, 0.1) is 10.6 Å². The number of rotatable bonds is 5. The SMILES string of the molecule is O=P(O)(O)c1cccc(CCc2cccc(P(=O)(O)O)c2)c1. The third-order valence-electron chi connectivity index (χ3n) is 3.20. The molecule has 2 aromatic carbocycles. The molecule has 0 aliphatic heterocycles. The largest absolute Gasteiger partial charge is 0.356 e. The van der Waals surface area contributed by atoms with Gasteiger partial charge in [-0.25, -0.2) is 0 Å². The maximum absolute atomic E-state index is 11.2. The van der Waals surface area contributed by atoms with Crippen LogP contribution in [-0.4, -0.2) is 19.6 Å². The molecule has 0 atom stereocenters. The van der Waals surface area contributed by atoms with Crippen LogP contribution in [0.2, 0.25) is 0 Å². The number of benzene rings is 2. The zero-order chi connectivity index (χ0) is 16.4. The van der Waals surface area contributed by atoms with Crippen molar-refractivity contribution in [3.63, 3.8) is 0 Å². The summed E-state index contributed by atoms with van der Waals surface area (Å²) in [4.78, 5) is 36.6. The van der Waals surface area contributed by atoms with Crippen LogP contribution in [0.25, 0.3) is 0 Å². The van der Waals surface area contributed by atoms with E-state index in [1.54, 1.807) is 24.3 Å². The van der Waals surface area contributed by atoms with Crippen molar-refractivity contribution in [1.82, 2.24) is 0 Å². The molecule has 22 heavy (non-hydrogen) atoms. The molecule has 2 aromatic rings. The molecule has 0 amide bonds. The van der Waals surface area contributed by atoms with Gasteiger partial charge in [0.25, 0.3) is 0 Å². The molecular weight excluding hydrogens is 326 g/mol. The second-order valence-electron chi connectivity index (χ2n) is 4.93. The molecule has 0 aromatic heterocycles. The molecule has 0 fully saturated rings. The van der Waals surface area contributed by atoms with Gasteiger partial charge in [-0.1, -0.05) is 24.3 Å². The van der Waals surface area contributed by atoms with E-state index >= 15 is 0 Å². The fraction of sp³-hybridized carbons (Fsp3) is 0.143. The van der Waals surface area contributed by atoms with Crippen molar-refractivity contribution in [3.8, 4) is 0 Å². The Morgan fingerprint density at radius 1 is 0.682 bits per heavy atom. The van der Waals surface area contributed by atoms with E-state index in [1.807, 2.05) is 0 Å².